The maximum atomic E-state index is 12.5. The van der Waals surface area contributed by atoms with E-state index in [-0.39, 0.29) is 5.91 Å². The third-order valence-electron chi connectivity index (χ3n) is 6.17. The molecule has 1 aliphatic heterocycles. The third kappa shape index (κ3) is 4.59. The number of nitrogens with one attached hydrogen (secondary N) is 2. The Morgan fingerprint density at radius 3 is 2.88 bits per heavy atom. The summed E-state index contributed by atoms with van der Waals surface area (Å²) in [4.78, 5) is 17.1. The highest BCUT2D eigenvalue weighted by Crippen LogP contribution is 2.28. The predicted octanol–water partition coefficient (Wildman–Crippen LogP) is 4.62. The van der Waals surface area contributed by atoms with Gasteiger partial charge in [-0.2, -0.15) is 5.10 Å². The zero-order chi connectivity index (χ0) is 22.1. The minimum absolute atomic E-state index is 0.00991. The standard InChI is InChI=1S/C24H28ClN5O2/c1-15-12-16(5-8-19(15)24(31)28-17-6-7-17)21-14-27-23-20(13-22(25)29-30(21)23)26-10-9-18-4-2-3-11-32-18/h5,8,12-14,17-18,26H,2-4,6-7,9-11H2,1H3,(H,28,31). The Morgan fingerprint density at radius 1 is 1.25 bits per heavy atom. The fraction of sp³-hybridized carbons (Fsp3) is 0.458. The highest BCUT2D eigenvalue weighted by atomic mass is 35.5. The number of rotatable bonds is 7. The van der Waals surface area contributed by atoms with Crippen LogP contribution in [0.3, 0.4) is 0 Å². The molecule has 32 heavy (non-hydrogen) atoms. The van der Waals surface area contributed by atoms with Crippen molar-refractivity contribution in [3.05, 3.63) is 46.7 Å². The lowest BCUT2D eigenvalue weighted by Crippen LogP contribution is -2.26. The minimum Gasteiger partial charge on any atom is -0.382 e. The van der Waals surface area contributed by atoms with Crippen molar-refractivity contribution in [3.63, 3.8) is 0 Å². The number of anilines is 1. The van der Waals surface area contributed by atoms with Crippen LogP contribution in [0.4, 0.5) is 5.69 Å². The van der Waals surface area contributed by atoms with E-state index in [2.05, 4.69) is 20.7 Å². The van der Waals surface area contributed by atoms with Gasteiger partial charge in [-0.05, 0) is 63.1 Å². The maximum Gasteiger partial charge on any atom is 0.251 e. The molecule has 1 atom stereocenters. The summed E-state index contributed by atoms with van der Waals surface area (Å²) in [6, 6.07) is 7.96. The van der Waals surface area contributed by atoms with Crippen molar-refractivity contribution < 1.29 is 9.53 Å². The van der Waals surface area contributed by atoms with E-state index in [1.165, 1.54) is 6.42 Å². The molecule has 2 aliphatic rings. The molecular formula is C24H28ClN5O2. The van der Waals surface area contributed by atoms with E-state index in [9.17, 15) is 4.79 Å². The van der Waals surface area contributed by atoms with E-state index in [1.54, 1.807) is 10.7 Å². The molecule has 2 N–H and O–H groups in total. The molecule has 1 aromatic carbocycles. The number of fused-ring (bicyclic) bond motifs is 1. The average Bonchev–Trinajstić information content (AvgIpc) is 3.50. The number of imidazole rings is 1. The zero-order valence-corrected chi connectivity index (χ0v) is 19.0. The van der Waals surface area contributed by atoms with Gasteiger partial charge in [-0.25, -0.2) is 9.50 Å². The Labute approximate surface area is 192 Å². The predicted molar refractivity (Wildman–Crippen MR) is 125 cm³/mol. The Morgan fingerprint density at radius 2 is 2.12 bits per heavy atom. The Bertz CT molecular complexity index is 1130. The van der Waals surface area contributed by atoms with Gasteiger partial charge in [0.15, 0.2) is 10.8 Å². The molecule has 1 aliphatic carbocycles. The molecule has 1 amide bonds. The van der Waals surface area contributed by atoms with Gasteiger partial charge in [0, 0.05) is 36.4 Å². The van der Waals surface area contributed by atoms with Gasteiger partial charge in [0.1, 0.15) is 0 Å². The monoisotopic (exact) mass is 453 g/mol. The quantitative estimate of drug-likeness (QED) is 0.545. The number of nitrogens with zero attached hydrogens (tertiary/aromatic N) is 3. The second kappa shape index (κ2) is 9.08. The van der Waals surface area contributed by atoms with Crippen LogP contribution in [0.15, 0.2) is 30.5 Å². The van der Waals surface area contributed by atoms with Crippen molar-refractivity contribution >= 4 is 28.8 Å². The molecule has 7 nitrogen and oxygen atoms in total. The van der Waals surface area contributed by atoms with Crippen molar-refractivity contribution in [1.29, 1.82) is 0 Å². The van der Waals surface area contributed by atoms with Crippen molar-refractivity contribution in [2.24, 2.45) is 0 Å². The van der Waals surface area contributed by atoms with Crippen molar-refractivity contribution in [2.45, 2.75) is 57.6 Å². The lowest BCUT2D eigenvalue weighted by atomic mass is 10.0. The van der Waals surface area contributed by atoms with Crippen LogP contribution in [0.2, 0.25) is 5.15 Å². The highest BCUT2D eigenvalue weighted by Gasteiger charge is 2.24. The molecule has 8 heteroatoms. The van der Waals surface area contributed by atoms with Crippen molar-refractivity contribution in [3.8, 4) is 11.3 Å². The van der Waals surface area contributed by atoms with E-state index in [1.807, 2.05) is 31.2 Å². The van der Waals surface area contributed by atoms with Crippen LogP contribution in [-0.2, 0) is 4.74 Å². The fourth-order valence-electron chi connectivity index (χ4n) is 4.24. The van der Waals surface area contributed by atoms with Gasteiger partial charge in [-0.1, -0.05) is 17.7 Å². The van der Waals surface area contributed by atoms with Crippen LogP contribution < -0.4 is 10.6 Å². The first-order valence-corrected chi connectivity index (χ1v) is 11.8. The Kier molecular flexibility index (Phi) is 6.02. The molecule has 2 fully saturated rings. The number of benzene rings is 1. The van der Waals surface area contributed by atoms with Gasteiger partial charge in [0.05, 0.1) is 23.7 Å². The van der Waals surface area contributed by atoms with Gasteiger partial charge in [0.25, 0.3) is 5.91 Å². The van der Waals surface area contributed by atoms with E-state index < -0.39 is 0 Å². The van der Waals surface area contributed by atoms with Crippen LogP contribution in [0.1, 0.15) is 54.4 Å². The largest absolute Gasteiger partial charge is 0.382 e. The molecule has 0 bridgehead atoms. The third-order valence-corrected chi connectivity index (χ3v) is 6.36. The molecule has 1 saturated carbocycles. The summed E-state index contributed by atoms with van der Waals surface area (Å²) in [5.41, 5.74) is 4.97. The van der Waals surface area contributed by atoms with E-state index in [0.717, 1.165) is 73.4 Å². The van der Waals surface area contributed by atoms with Crippen LogP contribution in [-0.4, -0.2) is 45.8 Å². The number of carbonyl (C=O) groups is 1. The number of hydrogen-bond acceptors (Lipinski definition) is 5. The molecule has 0 radical (unpaired) electrons. The SMILES string of the molecule is Cc1cc(-c2cnc3c(NCCC4CCCCO4)cc(Cl)nn23)ccc1C(=O)NC1CC1. The highest BCUT2D eigenvalue weighted by molar-refractivity contribution is 6.29. The molecule has 2 aromatic heterocycles. The number of ether oxygens (including phenoxy) is 1. The van der Waals surface area contributed by atoms with Gasteiger partial charge in [0.2, 0.25) is 0 Å². The van der Waals surface area contributed by atoms with Gasteiger partial charge in [-0.3, -0.25) is 4.79 Å². The summed E-state index contributed by atoms with van der Waals surface area (Å²) in [7, 11) is 0. The van der Waals surface area contributed by atoms with Crippen LogP contribution in [0.25, 0.3) is 16.9 Å². The molecule has 5 rings (SSSR count). The second-order valence-electron chi connectivity index (χ2n) is 8.74. The van der Waals surface area contributed by atoms with Gasteiger partial charge < -0.3 is 15.4 Å². The molecule has 1 saturated heterocycles. The van der Waals surface area contributed by atoms with E-state index in [4.69, 9.17) is 16.3 Å². The number of aromatic nitrogens is 3. The molecule has 3 heterocycles. The summed E-state index contributed by atoms with van der Waals surface area (Å²) >= 11 is 6.34. The number of hydrogen-bond donors (Lipinski definition) is 2. The van der Waals surface area contributed by atoms with Crippen LogP contribution >= 0.6 is 11.6 Å². The first-order chi connectivity index (χ1) is 15.6. The smallest absolute Gasteiger partial charge is 0.251 e. The maximum absolute atomic E-state index is 12.5. The Balaban J connectivity index is 1.36. The average molecular weight is 454 g/mol. The topological polar surface area (TPSA) is 80.6 Å². The summed E-state index contributed by atoms with van der Waals surface area (Å²) in [5, 5.41) is 11.4. The summed E-state index contributed by atoms with van der Waals surface area (Å²) < 4.78 is 7.59. The molecule has 3 aromatic rings. The van der Waals surface area contributed by atoms with E-state index in [0.29, 0.717) is 22.9 Å². The van der Waals surface area contributed by atoms with Gasteiger partial charge in [-0.15, -0.1) is 0 Å². The fourth-order valence-corrected chi connectivity index (χ4v) is 4.42. The summed E-state index contributed by atoms with van der Waals surface area (Å²) in [5.74, 6) is -0.00991. The summed E-state index contributed by atoms with van der Waals surface area (Å²) in [6.07, 6.45) is 8.72. The molecular weight excluding hydrogens is 426 g/mol. The number of amides is 1. The minimum atomic E-state index is -0.00991. The summed E-state index contributed by atoms with van der Waals surface area (Å²) in [6.45, 7) is 3.60. The number of aryl methyl sites for hydroxylation is 1. The van der Waals surface area contributed by atoms with Gasteiger partial charge >= 0.3 is 0 Å². The Hall–Kier alpha value is -2.64. The second-order valence-corrected chi connectivity index (χ2v) is 9.13. The first kappa shape index (κ1) is 21.2. The zero-order valence-electron chi connectivity index (χ0n) is 18.2. The van der Waals surface area contributed by atoms with Crippen LogP contribution in [0, 0.1) is 6.92 Å². The first-order valence-electron chi connectivity index (χ1n) is 11.4. The molecule has 168 valence electrons. The lowest BCUT2D eigenvalue weighted by Gasteiger charge is -2.22. The number of carbonyl (C=O) groups excluding carboxylic acids is 1. The van der Waals surface area contributed by atoms with Crippen molar-refractivity contribution in [2.75, 3.05) is 18.5 Å². The number of halogens is 1. The van der Waals surface area contributed by atoms with Crippen LogP contribution in [0.5, 0.6) is 0 Å². The van der Waals surface area contributed by atoms with E-state index >= 15 is 0 Å². The molecule has 1 unspecified atom stereocenters. The lowest BCUT2D eigenvalue weighted by molar-refractivity contribution is 0.0134. The molecule has 0 spiro atoms. The van der Waals surface area contributed by atoms with Crippen molar-refractivity contribution in [1.82, 2.24) is 19.9 Å². The normalized spacial score (nSPS) is 18.6.